The summed E-state index contributed by atoms with van der Waals surface area (Å²) in [6.45, 7) is 9.94. The Kier molecular flexibility index (Phi) is 3.68. The van der Waals surface area contributed by atoms with Gasteiger partial charge in [0.2, 0.25) is 0 Å². The zero-order chi connectivity index (χ0) is 15.1. The van der Waals surface area contributed by atoms with Crippen LogP contribution in [0.3, 0.4) is 0 Å². The summed E-state index contributed by atoms with van der Waals surface area (Å²) >= 11 is 3.01. The van der Waals surface area contributed by atoms with Crippen LogP contribution in [0.2, 0.25) is 0 Å². The molecule has 1 heterocycles. The molecule has 21 heavy (non-hydrogen) atoms. The average Bonchev–Trinajstić information content (AvgIpc) is 2.98. The van der Waals surface area contributed by atoms with Crippen LogP contribution in [0.1, 0.15) is 27.6 Å². The van der Waals surface area contributed by atoms with Crippen LogP contribution in [0, 0.1) is 5.92 Å². The monoisotopic (exact) mass is 314 g/mol. The Morgan fingerprint density at radius 1 is 1.19 bits per heavy atom. The number of benzene rings is 1. The Morgan fingerprint density at radius 3 is 2.29 bits per heavy atom. The molecule has 2 atom stereocenters. The molecule has 0 amide bonds. The molecule has 0 saturated carbocycles. The minimum Gasteiger partial charge on any atom is -0.288 e. The van der Waals surface area contributed by atoms with E-state index in [-0.39, 0.29) is 22.7 Å². The van der Waals surface area contributed by atoms with Gasteiger partial charge in [-0.25, -0.2) is 0 Å². The SMILES string of the molecule is C=CC(C)C1SC(=C2C(=O)c3ccccc3C2=O)SC1=C. The maximum absolute atomic E-state index is 12.5. The highest BCUT2D eigenvalue weighted by Gasteiger charge is 2.39. The summed E-state index contributed by atoms with van der Waals surface area (Å²) in [5.74, 6) is -0.0716. The van der Waals surface area contributed by atoms with Crippen LogP contribution in [0.5, 0.6) is 0 Å². The van der Waals surface area contributed by atoms with E-state index in [1.807, 2.05) is 6.08 Å². The van der Waals surface area contributed by atoms with E-state index < -0.39 is 0 Å². The molecule has 0 N–H and O–H groups in total. The number of Topliss-reactive ketones (excluding diaryl/α,β-unsaturated/α-hetero) is 2. The van der Waals surface area contributed by atoms with Crippen molar-refractivity contribution in [3.05, 3.63) is 69.3 Å². The maximum atomic E-state index is 12.5. The lowest BCUT2D eigenvalue weighted by molar-refractivity contribution is 0.0989. The van der Waals surface area contributed by atoms with Crippen molar-refractivity contribution in [2.45, 2.75) is 12.2 Å². The Balaban J connectivity index is 2.03. The third kappa shape index (κ3) is 2.23. The van der Waals surface area contributed by atoms with Crippen molar-refractivity contribution in [3.63, 3.8) is 0 Å². The fourth-order valence-electron chi connectivity index (χ4n) is 2.45. The molecule has 0 radical (unpaired) electrons. The average molecular weight is 314 g/mol. The van der Waals surface area contributed by atoms with Gasteiger partial charge in [-0.05, 0) is 10.8 Å². The molecule has 1 aromatic rings. The van der Waals surface area contributed by atoms with Crippen LogP contribution in [0.15, 0.2) is 58.2 Å². The topological polar surface area (TPSA) is 34.1 Å². The van der Waals surface area contributed by atoms with Crippen LogP contribution in [-0.4, -0.2) is 16.8 Å². The van der Waals surface area contributed by atoms with E-state index in [2.05, 4.69) is 20.1 Å². The summed E-state index contributed by atoms with van der Waals surface area (Å²) < 4.78 is 0.782. The molecule has 2 nitrogen and oxygen atoms in total. The largest absolute Gasteiger partial charge is 0.288 e. The second-order valence-corrected chi connectivity index (χ2v) is 7.61. The van der Waals surface area contributed by atoms with Crippen molar-refractivity contribution in [1.82, 2.24) is 0 Å². The summed E-state index contributed by atoms with van der Waals surface area (Å²) in [6, 6.07) is 7.00. The van der Waals surface area contributed by atoms with Gasteiger partial charge in [-0.3, -0.25) is 9.59 Å². The molecule has 2 unspecified atom stereocenters. The lowest BCUT2D eigenvalue weighted by atomic mass is 10.1. The fourth-order valence-corrected chi connectivity index (χ4v) is 5.41. The molecule has 4 heteroatoms. The van der Waals surface area contributed by atoms with Crippen LogP contribution in [0.25, 0.3) is 0 Å². The van der Waals surface area contributed by atoms with Gasteiger partial charge in [0.05, 0.1) is 9.81 Å². The predicted molar refractivity (Wildman–Crippen MR) is 89.6 cm³/mol. The van der Waals surface area contributed by atoms with Crippen molar-refractivity contribution in [1.29, 1.82) is 0 Å². The number of rotatable bonds is 2. The van der Waals surface area contributed by atoms with Crippen molar-refractivity contribution >= 4 is 35.1 Å². The van der Waals surface area contributed by atoms with Gasteiger partial charge in [-0.1, -0.05) is 55.6 Å². The van der Waals surface area contributed by atoms with E-state index in [4.69, 9.17) is 0 Å². The Hall–Kier alpha value is -1.52. The quantitative estimate of drug-likeness (QED) is 0.458. The molecule has 1 aliphatic heterocycles. The Bertz CT molecular complexity index is 678. The third-order valence-electron chi connectivity index (χ3n) is 3.70. The summed E-state index contributed by atoms with van der Waals surface area (Å²) in [6.07, 6.45) is 1.88. The van der Waals surface area contributed by atoms with Crippen LogP contribution in [0.4, 0.5) is 0 Å². The highest BCUT2D eigenvalue weighted by Crippen LogP contribution is 2.54. The van der Waals surface area contributed by atoms with E-state index >= 15 is 0 Å². The van der Waals surface area contributed by atoms with Crippen LogP contribution < -0.4 is 0 Å². The van der Waals surface area contributed by atoms with Gasteiger partial charge in [0.1, 0.15) is 0 Å². The normalized spacial score (nSPS) is 22.7. The molecular weight excluding hydrogens is 300 g/mol. The molecule has 1 aromatic carbocycles. The molecule has 0 bridgehead atoms. The number of ketones is 2. The Morgan fingerprint density at radius 2 is 1.76 bits per heavy atom. The second-order valence-electron chi connectivity index (χ2n) is 5.07. The number of carbonyl (C=O) groups is 2. The molecular formula is C17H14O2S2. The number of hydrogen-bond donors (Lipinski definition) is 0. The zero-order valence-electron chi connectivity index (χ0n) is 11.6. The van der Waals surface area contributed by atoms with Gasteiger partial charge in [-0.15, -0.1) is 18.3 Å². The van der Waals surface area contributed by atoms with Gasteiger partial charge in [0.15, 0.2) is 11.6 Å². The zero-order valence-corrected chi connectivity index (χ0v) is 13.2. The molecule has 1 aliphatic carbocycles. The summed E-state index contributed by atoms with van der Waals surface area (Å²) in [4.78, 5) is 26.0. The molecule has 0 spiro atoms. The minimum atomic E-state index is -0.162. The molecule has 2 aliphatic rings. The van der Waals surface area contributed by atoms with Gasteiger partial charge in [0.25, 0.3) is 0 Å². The third-order valence-corrected chi connectivity index (χ3v) is 6.68. The van der Waals surface area contributed by atoms with E-state index in [1.165, 1.54) is 11.8 Å². The molecule has 1 saturated heterocycles. The first-order valence-corrected chi connectivity index (χ1v) is 8.32. The van der Waals surface area contributed by atoms with Crippen LogP contribution in [-0.2, 0) is 0 Å². The van der Waals surface area contributed by atoms with Gasteiger partial charge < -0.3 is 0 Å². The lowest BCUT2D eigenvalue weighted by Gasteiger charge is -2.13. The predicted octanol–water partition coefficient (Wildman–Crippen LogP) is 4.46. The first-order valence-electron chi connectivity index (χ1n) is 6.63. The number of thioether (sulfide) groups is 2. The van der Waals surface area contributed by atoms with E-state index in [0.717, 1.165) is 9.14 Å². The second kappa shape index (κ2) is 5.35. The fraction of sp³-hybridized carbons (Fsp3) is 0.176. The van der Waals surface area contributed by atoms with Crippen LogP contribution >= 0.6 is 23.5 Å². The summed E-state index contributed by atoms with van der Waals surface area (Å²) in [5, 5.41) is 0.166. The van der Waals surface area contributed by atoms with Gasteiger partial charge in [0, 0.05) is 16.4 Å². The van der Waals surface area contributed by atoms with Crippen molar-refractivity contribution in [2.75, 3.05) is 0 Å². The number of carbonyl (C=O) groups excluding carboxylic acids is 2. The van der Waals surface area contributed by atoms with E-state index in [0.29, 0.717) is 16.7 Å². The first-order chi connectivity index (χ1) is 10.0. The first kappa shape index (κ1) is 14.4. The lowest BCUT2D eigenvalue weighted by Crippen LogP contribution is -2.09. The van der Waals surface area contributed by atoms with Gasteiger partial charge in [-0.2, -0.15) is 0 Å². The van der Waals surface area contributed by atoms with Crippen molar-refractivity contribution in [3.8, 4) is 0 Å². The molecule has 1 fully saturated rings. The van der Waals surface area contributed by atoms with E-state index in [1.54, 1.807) is 36.0 Å². The highest BCUT2D eigenvalue weighted by molar-refractivity contribution is 8.28. The highest BCUT2D eigenvalue weighted by atomic mass is 32.2. The van der Waals surface area contributed by atoms with Gasteiger partial charge >= 0.3 is 0 Å². The summed E-state index contributed by atoms with van der Waals surface area (Å²) in [7, 11) is 0. The maximum Gasteiger partial charge on any atom is 0.199 e. The van der Waals surface area contributed by atoms with Crippen molar-refractivity contribution < 1.29 is 9.59 Å². The van der Waals surface area contributed by atoms with E-state index in [9.17, 15) is 9.59 Å². The minimum absolute atomic E-state index is 0.162. The summed E-state index contributed by atoms with van der Waals surface area (Å²) in [5.41, 5.74) is 1.33. The number of allylic oxidation sites excluding steroid dienone is 2. The smallest absolute Gasteiger partial charge is 0.199 e. The Labute approximate surface area is 132 Å². The number of fused-ring (bicyclic) bond motifs is 1. The number of hydrogen-bond acceptors (Lipinski definition) is 4. The molecule has 0 aromatic heterocycles. The molecule has 106 valence electrons. The molecule has 3 rings (SSSR count). The standard InChI is InChI=1S/C17H14O2S2/c1-4-9(2)16-10(3)20-17(21-16)13-14(18)11-7-5-6-8-12(11)15(13)19/h4-9,16H,1,3H2,2H3. The van der Waals surface area contributed by atoms with Crippen molar-refractivity contribution in [2.24, 2.45) is 5.92 Å².